The molecule has 0 bridgehead atoms. The Morgan fingerprint density at radius 2 is 1.90 bits per heavy atom. The van der Waals surface area contributed by atoms with E-state index in [0.717, 1.165) is 61.2 Å². The van der Waals surface area contributed by atoms with Gasteiger partial charge in [-0.3, -0.25) is 24.6 Å². The molecule has 0 aromatic carbocycles. The van der Waals surface area contributed by atoms with Gasteiger partial charge in [-0.2, -0.15) is 0 Å². The molecular weight excluding hydrogens is 371 g/mol. The first-order valence-electron chi connectivity index (χ1n) is 10.4. The molecule has 29 heavy (non-hydrogen) atoms. The Balaban J connectivity index is 1.36. The quantitative estimate of drug-likeness (QED) is 0.782. The Bertz CT molecular complexity index is 866. The van der Waals surface area contributed by atoms with Crippen molar-refractivity contribution in [2.24, 2.45) is 11.8 Å². The second-order valence-corrected chi connectivity index (χ2v) is 8.20. The second kappa shape index (κ2) is 8.53. The molecule has 2 aromatic heterocycles. The van der Waals surface area contributed by atoms with Crippen LogP contribution in [-0.2, 0) is 16.1 Å². The van der Waals surface area contributed by atoms with Crippen LogP contribution in [0.3, 0.4) is 0 Å². The van der Waals surface area contributed by atoms with Gasteiger partial charge in [0, 0.05) is 24.2 Å². The molecule has 6 nitrogen and oxygen atoms in total. The van der Waals surface area contributed by atoms with Crippen molar-refractivity contribution in [3.8, 4) is 0 Å². The van der Waals surface area contributed by atoms with Crippen molar-refractivity contribution in [2.75, 3.05) is 6.61 Å². The molecule has 0 radical (unpaired) electrons. The van der Waals surface area contributed by atoms with Crippen molar-refractivity contribution in [2.45, 2.75) is 58.4 Å². The zero-order chi connectivity index (χ0) is 20.4. The maximum absolute atomic E-state index is 13.5. The minimum absolute atomic E-state index is 0.0306. The first-order chi connectivity index (χ1) is 14.0. The molecule has 0 unspecified atom stereocenters. The fourth-order valence-electron chi connectivity index (χ4n) is 4.39. The van der Waals surface area contributed by atoms with E-state index in [9.17, 15) is 9.18 Å². The van der Waals surface area contributed by atoms with Gasteiger partial charge in [0.25, 0.3) is 0 Å². The second-order valence-electron chi connectivity index (χ2n) is 8.20. The number of hydrogen-bond acceptors (Lipinski definition) is 5. The van der Waals surface area contributed by atoms with E-state index >= 15 is 0 Å². The number of aromatic nitrogens is 3. The smallest absolute Gasteiger partial charge is 0.249 e. The van der Waals surface area contributed by atoms with Gasteiger partial charge in [0.15, 0.2) is 0 Å². The number of halogens is 1. The minimum atomic E-state index is -0.286. The van der Waals surface area contributed by atoms with Crippen LogP contribution in [0.1, 0.15) is 60.8 Å². The van der Waals surface area contributed by atoms with Crippen LogP contribution in [0.25, 0.3) is 0 Å². The largest absolute Gasteiger partial charge is 0.272 e. The number of nitrogens with zero attached hydrogens (tertiary/aromatic N) is 4. The van der Waals surface area contributed by atoms with E-state index in [1.165, 1.54) is 11.3 Å². The summed E-state index contributed by atoms with van der Waals surface area (Å²) in [5.74, 6) is 0.194. The molecule has 7 heteroatoms. The molecule has 1 aliphatic carbocycles. The average molecular weight is 398 g/mol. The van der Waals surface area contributed by atoms with Crippen LogP contribution in [0.15, 0.2) is 24.7 Å². The number of amides is 1. The molecule has 0 N–H and O–H groups in total. The number of pyridine rings is 1. The minimum Gasteiger partial charge on any atom is -0.272 e. The molecule has 4 rings (SSSR count). The van der Waals surface area contributed by atoms with Gasteiger partial charge < -0.3 is 0 Å². The van der Waals surface area contributed by atoms with Crippen molar-refractivity contribution in [3.63, 3.8) is 0 Å². The number of hydroxylamine groups is 2. The van der Waals surface area contributed by atoms with Gasteiger partial charge in [-0.15, -0.1) is 0 Å². The summed E-state index contributed by atoms with van der Waals surface area (Å²) in [6, 6.07) is 1.43. The highest BCUT2D eigenvalue weighted by molar-refractivity contribution is 5.78. The lowest BCUT2D eigenvalue weighted by Gasteiger charge is -2.31. The molecule has 3 heterocycles. The number of carbonyl (C=O) groups is 1. The van der Waals surface area contributed by atoms with E-state index in [1.807, 2.05) is 13.8 Å². The third-order valence-electron chi connectivity index (χ3n) is 6.13. The van der Waals surface area contributed by atoms with Crippen molar-refractivity contribution >= 4 is 5.91 Å². The maximum Gasteiger partial charge on any atom is 0.249 e. The lowest BCUT2D eigenvalue weighted by atomic mass is 9.78. The first kappa shape index (κ1) is 19.9. The standard InChI is InChI=1S/C22H27FN4O2/c1-14-11-26-20(13-24-14)21-7-8-29-27(21)22(28)17-5-3-16(4-6-17)9-18-10-19(23)12-25-15(18)2/h10-13,16-17,21H,3-9H2,1-2H3/t16?,17?,21-/m0/s1. The molecule has 2 fully saturated rings. The summed E-state index contributed by atoms with van der Waals surface area (Å²) in [5, 5.41) is 1.53. The molecule has 2 aliphatic rings. The van der Waals surface area contributed by atoms with Crippen LogP contribution in [-0.4, -0.2) is 32.5 Å². The van der Waals surface area contributed by atoms with Crippen LogP contribution in [0.2, 0.25) is 0 Å². The van der Waals surface area contributed by atoms with Crippen molar-refractivity contribution in [3.05, 3.63) is 53.1 Å². The van der Waals surface area contributed by atoms with Gasteiger partial charge >= 0.3 is 0 Å². The van der Waals surface area contributed by atoms with Gasteiger partial charge in [0.05, 0.1) is 30.4 Å². The molecule has 0 spiro atoms. The van der Waals surface area contributed by atoms with Crippen LogP contribution in [0, 0.1) is 31.5 Å². The summed E-state index contributed by atoms with van der Waals surface area (Å²) in [7, 11) is 0. The van der Waals surface area contributed by atoms with E-state index in [2.05, 4.69) is 15.0 Å². The van der Waals surface area contributed by atoms with Gasteiger partial charge in [0.1, 0.15) is 11.9 Å². The molecule has 1 saturated carbocycles. The number of aryl methyl sites for hydroxylation is 2. The average Bonchev–Trinajstić information content (AvgIpc) is 3.21. The number of hydrogen-bond donors (Lipinski definition) is 0. The van der Waals surface area contributed by atoms with Crippen molar-refractivity contribution < 1.29 is 14.0 Å². The number of carbonyl (C=O) groups excluding carboxylic acids is 1. The van der Waals surface area contributed by atoms with E-state index in [4.69, 9.17) is 4.84 Å². The molecular formula is C22H27FN4O2. The fourth-order valence-corrected chi connectivity index (χ4v) is 4.39. The molecule has 2 aromatic rings. The molecule has 1 saturated heterocycles. The highest BCUT2D eigenvalue weighted by Gasteiger charge is 2.38. The Labute approximate surface area is 170 Å². The Morgan fingerprint density at radius 1 is 1.10 bits per heavy atom. The Kier molecular flexibility index (Phi) is 5.85. The van der Waals surface area contributed by atoms with Crippen LogP contribution >= 0.6 is 0 Å². The monoisotopic (exact) mass is 398 g/mol. The SMILES string of the molecule is Cc1cnc([C@@H]2CCON2C(=O)C2CCC(Cc3cc(F)cnc3C)CC2)cn1. The number of rotatable bonds is 4. The predicted molar refractivity (Wildman–Crippen MR) is 105 cm³/mol. The van der Waals surface area contributed by atoms with E-state index in [0.29, 0.717) is 12.5 Å². The van der Waals surface area contributed by atoms with Crippen LogP contribution < -0.4 is 0 Å². The molecule has 1 atom stereocenters. The predicted octanol–water partition coefficient (Wildman–Crippen LogP) is 3.88. The van der Waals surface area contributed by atoms with Crippen LogP contribution in [0.4, 0.5) is 4.39 Å². The topological polar surface area (TPSA) is 68.2 Å². The van der Waals surface area contributed by atoms with Gasteiger partial charge in [-0.05, 0) is 63.5 Å². The third kappa shape index (κ3) is 4.45. The fraction of sp³-hybridized carbons (Fsp3) is 0.545. The van der Waals surface area contributed by atoms with Crippen molar-refractivity contribution in [1.29, 1.82) is 0 Å². The Hall–Kier alpha value is -2.41. The molecule has 1 amide bonds. The normalized spacial score (nSPS) is 24.7. The maximum atomic E-state index is 13.5. The summed E-state index contributed by atoms with van der Waals surface area (Å²) < 4.78 is 13.5. The summed E-state index contributed by atoms with van der Waals surface area (Å²) in [5.41, 5.74) is 3.49. The summed E-state index contributed by atoms with van der Waals surface area (Å²) in [4.78, 5) is 31.7. The highest BCUT2D eigenvalue weighted by atomic mass is 19.1. The highest BCUT2D eigenvalue weighted by Crippen LogP contribution is 2.36. The van der Waals surface area contributed by atoms with Gasteiger partial charge in [-0.1, -0.05) is 0 Å². The summed E-state index contributed by atoms with van der Waals surface area (Å²) in [6.07, 6.45) is 9.86. The summed E-state index contributed by atoms with van der Waals surface area (Å²) >= 11 is 0. The Morgan fingerprint density at radius 3 is 2.62 bits per heavy atom. The zero-order valence-electron chi connectivity index (χ0n) is 17.0. The molecule has 154 valence electrons. The molecule has 1 aliphatic heterocycles. The van der Waals surface area contributed by atoms with E-state index in [-0.39, 0.29) is 23.7 Å². The zero-order valence-corrected chi connectivity index (χ0v) is 17.0. The first-order valence-corrected chi connectivity index (χ1v) is 10.4. The lowest BCUT2D eigenvalue weighted by Crippen LogP contribution is -2.37. The van der Waals surface area contributed by atoms with Crippen LogP contribution in [0.5, 0.6) is 0 Å². The van der Waals surface area contributed by atoms with Crippen molar-refractivity contribution in [1.82, 2.24) is 20.0 Å². The third-order valence-corrected chi connectivity index (χ3v) is 6.13. The van der Waals surface area contributed by atoms with Gasteiger partial charge in [-0.25, -0.2) is 9.45 Å². The lowest BCUT2D eigenvalue weighted by molar-refractivity contribution is -0.183. The van der Waals surface area contributed by atoms with Gasteiger partial charge in [0.2, 0.25) is 5.91 Å². The summed E-state index contributed by atoms with van der Waals surface area (Å²) in [6.45, 7) is 4.33. The van der Waals surface area contributed by atoms with E-state index < -0.39 is 0 Å². The van der Waals surface area contributed by atoms with E-state index in [1.54, 1.807) is 18.5 Å².